The quantitative estimate of drug-likeness (QED) is 0.444. The Kier molecular flexibility index (Phi) is 3.19. The van der Waals surface area contributed by atoms with Gasteiger partial charge in [-0.25, -0.2) is 0 Å². The first-order chi connectivity index (χ1) is 9.42. The Morgan fingerprint density at radius 3 is 2.70 bits per heavy atom. The minimum Gasteiger partial charge on any atom is -0.303 e. The molecular weight excluding hydrogens is 248 g/mol. The SMILES string of the molecule is CC1(C)C=C[C@]2(C)C(=O)[C@H]3[C@H](CCCC=O)CC[C@H]3[C@H]12. The molecule has 0 saturated heterocycles. The first-order valence-corrected chi connectivity index (χ1v) is 8.10. The third-order valence-corrected chi connectivity index (χ3v) is 6.31. The molecule has 0 bridgehead atoms. The van der Waals surface area contributed by atoms with Crippen LogP contribution in [0, 0.1) is 34.5 Å². The van der Waals surface area contributed by atoms with Crippen molar-refractivity contribution in [2.45, 2.75) is 52.9 Å². The van der Waals surface area contributed by atoms with Gasteiger partial charge in [0.15, 0.2) is 0 Å². The average molecular weight is 274 g/mol. The van der Waals surface area contributed by atoms with Gasteiger partial charge in [-0.15, -0.1) is 0 Å². The fraction of sp³-hybridized carbons (Fsp3) is 0.778. The fourth-order valence-corrected chi connectivity index (χ4v) is 5.64. The van der Waals surface area contributed by atoms with Gasteiger partial charge in [-0.2, -0.15) is 0 Å². The van der Waals surface area contributed by atoms with E-state index in [4.69, 9.17) is 0 Å². The summed E-state index contributed by atoms with van der Waals surface area (Å²) in [6.07, 6.45) is 10.5. The number of rotatable bonds is 4. The van der Waals surface area contributed by atoms with E-state index >= 15 is 0 Å². The zero-order valence-electron chi connectivity index (χ0n) is 12.9. The van der Waals surface area contributed by atoms with E-state index in [-0.39, 0.29) is 16.7 Å². The molecule has 0 radical (unpaired) electrons. The predicted octanol–water partition coefficient (Wildman–Crippen LogP) is 3.80. The van der Waals surface area contributed by atoms with E-state index in [0.717, 1.165) is 19.1 Å². The van der Waals surface area contributed by atoms with E-state index in [9.17, 15) is 9.59 Å². The molecule has 0 aromatic carbocycles. The smallest absolute Gasteiger partial charge is 0.146 e. The van der Waals surface area contributed by atoms with Crippen molar-refractivity contribution in [3.8, 4) is 0 Å². The average Bonchev–Trinajstić information content (AvgIpc) is 2.95. The van der Waals surface area contributed by atoms with Gasteiger partial charge in [0, 0.05) is 17.8 Å². The van der Waals surface area contributed by atoms with Crippen LogP contribution in [0.3, 0.4) is 0 Å². The van der Waals surface area contributed by atoms with Crippen LogP contribution in [0.25, 0.3) is 0 Å². The van der Waals surface area contributed by atoms with Crippen LogP contribution in [0.2, 0.25) is 0 Å². The van der Waals surface area contributed by atoms with Crippen LogP contribution >= 0.6 is 0 Å². The number of fused-ring (bicyclic) bond motifs is 3. The van der Waals surface area contributed by atoms with Gasteiger partial charge in [-0.3, -0.25) is 4.79 Å². The van der Waals surface area contributed by atoms with Crippen molar-refractivity contribution in [2.24, 2.45) is 34.5 Å². The third-order valence-electron chi connectivity index (χ3n) is 6.31. The second kappa shape index (κ2) is 4.54. The minimum atomic E-state index is -0.220. The van der Waals surface area contributed by atoms with Crippen LogP contribution in [-0.2, 0) is 9.59 Å². The minimum absolute atomic E-state index is 0.154. The first-order valence-electron chi connectivity index (χ1n) is 8.10. The number of carbonyl (C=O) groups excluding carboxylic acids is 2. The molecule has 3 aliphatic carbocycles. The topological polar surface area (TPSA) is 34.1 Å². The Labute approximate surface area is 122 Å². The van der Waals surface area contributed by atoms with E-state index in [1.807, 2.05) is 0 Å². The van der Waals surface area contributed by atoms with Gasteiger partial charge in [0.25, 0.3) is 0 Å². The Morgan fingerprint density at radius 2 is 2.00 bits per heavy atom. The summed E-state index contributed by atoms with van der Waals surface area (Å²) in [5, 5.41) is 0. The molecule has 0 spiro atoms. The van der Waals surface area contributed by atoms with Gasteiger partial charge in [0.05, 0.1) is 0 Å². The first kappa shape index (κ1) is 14.0. The number of aldehydes is 1. The van der Waals surface area contributed by atoms with Crippen molar-refractivity contribution in [2.75, 3.05) is 0 Å². The Bertz CT molecular complexity index is 462. The largest absolute Gasteiger partial charge is 0.303 e. The van der Waals surface area contributed by atoms with Crippen LogP contribution in [-0.4, -0.2) is 12.1 Å². The summed E-state index contributed by atoms with van der Waals surface area (Å²) in [6, 6.07) is 0. The van der Waals surface area contributed by atoms with Crippen LogP contribution in [0.15, 0.2) is 12.2 Å². The zero-order valence-corrected chi connectivity index (χ0v) is 12.9. The number of hydrogen-bond acceptors (Lipinski definition) is 2. The maximum absolute atomic E-state index is 13.0. The monoisotopic (exact) mass is 274 g/mol. The molecule has 2 fully saturated rings. The summed E-state index contributed by atoms with van der Waals surface area (Å²) < 4.78 is 0. The van der Waals surface area contributed by atoms with Crippen molar-refractivity contribution in [1.29, 1.82) is 0 Å². The summed E-state index contributed by atoms with van der Waals surface area (Å²) in [4.78, 5) is 23.5. The maximum atomic E-state index is 13.0. The molecule has 5 atom stereocenters. The van der Waals surface area contributed by atoms with Gasteiger partial charge in [-0.1, -0.05) is 26.0 Å². The van der Waals surface area contributed by atoms with Gasteiger partial charge in [0.2, 0.25) is 0 Å². The second-order valence-corrected chi connectivity index (χ2v) is 7.90. The molecular formula is C18H26O2. The molecule has 0 heterocycles. The van der Waals surface area contributed by atoms with Crippen molar-refractivity contribution in [1.82, 2.24) is 0 Å². The Morgan fingerprint density at radius 1 is 1.25 bits per heavy atom. The highest BCUT2D eigenvalue weighted by molar-refractivity contribution is 5.93. The van der Waals surface area contributed by atoms with E-state index in [2.05, 4.69) is 32.9 Å². The second-order valence-electron chi connectivity index (χ2n) is 7.90. The number of allylic oxidation sites excluding steroid dienone is 2. The number of ketones is 1. The van der Waals surface area contributed by atoms with Gasteiger partial charge in [-0.05, 0) is 55.8 Å². The molecule has 20 heavy (non-hydrogen) atoms. The Balaban J connectivity index is 1.83. The molecule has 3 aliphatic rings. The van der Waals surface area contributed by atoms with Gasteiger partial charge >= 0.3 is 0 Å². The fourth-order valence-electron chi connectivity index (χ4n) is 5.64. The highest BCUT2D eigenvalue weighted by Crippen LogP contribution is 2.65. The van der Waals surface area contributed by atoms with Crippen LogP contribution in [0.5, 0.6) is 0 Å². The number of unbranched alkanes of at least 4 members (excludes halogenated alkanes) is 1. The lowest BCUT2D eigenvalue weighted by molar-refractivity contribution is -0.128. The molecule has 3 rings (SSSR count). The normalized spacial score (nSPS) is 44.6. The molecule has 0 aromatic rings. The molecule has 2 saturated carbocycles. The third kappa shape index (κ3) is 1.76. The van der Waals surface area contributed by atoms with Crippen molar-refractivity contribution in [3.05, 3.63) is 12.2 Å². The molecule has 110 valence electrons. The zero-order chi connectivity index (χ0) is 14.5. The van der Waals surface area contributed by atoms with E-state index in [1.165, 1.54) is 12.8 Å². The summed E-state index contributed by atoms with van der Waals surface area (Å²) in [6.45, 7) is 6.73. The highest BCUT2D eigenvalue weighted by atomic mass is 16.1. The molecule has 0 N–H and O–H groups in total. The summed E-state index contributed by atoms with van der Waals surface area (Å²) in [5.41, 5.74) is -0.0658. The van der Waals surface area contributed by atoms with Crippen LogP contribution in [0.1, 0.15) is 52.9 Å². The summed E-state index contributed by atoms with van der Waals surface area (Å²) in [5.74, 6) is 2.34. The lowest BCUT2D eigenvalue weighted by Gasteiger charge is -2.34. The Hall–Kier alpha value is -0.920. The lowest BCUT2D eigenvalue weighted by atomic mass is 9.68. The van der Waals surface area contributed by atoms with Gasteiger partial charge < -0.3 is 4.79 Å². The maximum Gasteiger partial charge on any atom is 0.146 e. The standard InChI is InChI=1S/C18H26O2/c1-17(2)9-10-18(3)15(17)13-8-7-12(6-4-5-11-19)14(13)16(18)20/h9-15H,4-8H2,1-3H3/t12-,13-,14+,15-,18+/m1/s1. The van der Waals surface area contributed by atoms with Crippen LogP contribution < -0.4 is 0 Å². The number of carbonyl (C=O) groups is 2. The van der Waals surface area contributed by atoms with Crippen LogP contribution in [0.4, 0.5) is 0 Å². The van der Waals surface area contributed by atoms with E-state index in [0.29, 0.717) is 30.0 Å². The van der Waals surface area contributed by atoms with Crippen molar-refractivity contribution < 1.29 is 9.59 Å². The number of hydrogen-bond donors (Lipinski definition) is 0. The summed E-state index contributed by atoms with van der Waals surface area (Å²) in [7, 11) is 0. The molecule has 2 nitrogen and oxygen atoms in total. The lowest BCUT2D eigenvalue weighted by Crippen LogP contribution is -2.33. The van der Waals surface area contributed by atoms with Gasteiger partial charge in [0.1, 0.15) is 12.1 Å². The highest BCUT2D eigenvalue weighted by Gasteiger charge is 2.65. The van der Waals surface area contributed by atoms with E-state index in [1.54, 1.807) is 0 Å². The van der Waals surface area contributed by atoms with Crippen molar-refractivity contribution in [3.63, 3.8) is 0 Å². The molecule has 0 unspecified atom stereocenters. The molecule has 0 aliphatic heterocycles. The van der Waals surface area contributed by atoms with Crippen molar-refractivity contribution >= 4 is 12.1 Å². The molecule has 0 amide bonds. The molecule has 0 aromatic heterocycles. The van der Waals surface area contributed by atoms with E-state index < -0.39 is 0 Å². The molecule has 2 heteroatoms. The number of Topliss-reactive ketones (excluding diaryl/α,β-unsaturated/α-hetero) is 1. The summed E-state index contributed by atoms with van der Waals surface area (Å²) >= 11 is 0. The predicted molar refractivity (Wildman–Crippen MR) is 79.1 cm³/mol.